The van der Waals surface area contributed by atoms with Gasteiger partial charge in [-0.3, -0.25) is 14.4 Å². The molecule has 1 atom stereocenters. The Labute approximate surface area is 373 Å². The van der Waals surface area contributed by atoms with Crippen LogP contribution in [-0.2, 0) is 28.6 Å². The number of unbranched alkanes of at least 4 members (excludes halogenated alkanes) is 33. The number of hydrogen-bond acceptors (Lipinski definition) is 6. The Morgan fingerprint density at radius 3 is 0.900 bits per heavy atom. The summed E-state index contributed by atoms with van der Waals surface area (Å²) in [5, 5.41) is 0. The Bertz CT molecular complexity index is 973. The minimum atomic E-state index is -0.769. The molecule has 0 aliphatic rings. The maximum absolute atomic E-state index is 12.7. The molecule has 0 rings (SSSR count). The first-order chi connectivity index (χ1) is 29.5. The molecule has 1 unspecified atom stereocenters. The van der Waals surface area contributed by atoms with Crippen LogP contribution in [0.25, 0.3) is 0 Å². The predicted octanol–water partition coefficient (Wildman–Crippen LogP) is 17.2. The summed E-state index contributed by atoms with van der Waals surface area (Å²) in [7, 11) is 0. The quantitative estimate of drug-likeness (QED) is 0.0263. The molecule has 0 spiro atoms. The average Bonchev–Trinajstić information content (AvgIpc) is 3.24. The van der Waals surface area contributed by atoms with Gasteiger partial charge < -0.3 is 14.2 Å². The minimum absolute atomic E-state index is 0.0718. The van der Waals surface area contributed by atoms with Crippen molar-refractivity contribution in [2.75, 3.05) is 13.2 Å². The Kier molecular flexibility index (Phi) is 47.8. The molecule has 0 aliphatic carbocycles. The van der Waals surface area contributed by atoms with Crippen LogP contribution < -0.4 is 0 Å². The summed E-state index contributed by atoms with van der Waals surface area (Å²) in [5.41, 5.74) is 0. The van der Waals surface area contributed by atoms with Gasteiger partial charge in [0.25, 0.3) is 0 Å². The maximum Gasteiger partial charge on any atom is 0.306 e. The first-order valence-electron chi connectivity index (χ1n) is 26.3. The summed E-state index contributed by atoms with van der Waals surface area (Å²) in [4.78, 5) is 37.8. The molecule has 0 saturated heterocycles. The molecule has 0 aromatic carbocycles. The second-order valence-corrected chi connectivity index (χ2v) is 17.8. The van der Waals surface area contributed by atoms with E-state index in [2.05, 4.69) is 45.1 Å². The Balaban J connectivity index is 4.13. The molecule has 0 aromatic rings. The Morgan fingerprint density at radius 1 is 0.317 bits per heavy atom. The van der Waals surface area contributed by atoms with Crippen LogP contribution in [0.1, 0.15) is 284 Å². The van der Waals surface area contributed by atoms with E-state index in [0.717, 1.165) is 77.0 Å². The van der Waals surface area contributed by atoms with Crippen LogP contribution in [0.2, 0.25) is 0 Å². The van der Waals surface area contributed by atoms with E-state index in [-0.39, 0.29) is 31.1 Å². The van der Waals surface area contributed by atoms with Crippen molar-refractivity contribution in [2.45, 2.75) is 290 Å². The number of rotatable bonds is 48. The lowest BCUT2D eigenvalue weighted by atomic mass is 10.0. The van der Waals surface area contributed by atoms with Gasteiger partial charge in [0.1, 0.15) is 13.2 Å². The van der Waals surface area contributed by atoms with Crippen LogP contribution in [0.4, 0.5) is 0 Å². The Hall–Kier alpha value is -2.11. The normalized spacial score (nSPS) is 12.1. The summed E-state index contributed by atoms with van der Waals surface area (Å²) < 4.78 is 16.7. The Morgan fingerprint density at radius 2 is 0.583 bits per heavy atom. The zero-order chi connectivity index (χ0) is 43.7. The lowest BCUT2D eigenvalue weighted by Gasteiger charge is -2.18. The zero-order valence-corrected chi connectivity index (χ0v) is 40.2. The molecule has 0 aromatic heterocycles. The minimum Gasteiger partial charge on any atom is -0.462 e. The molecule has 352 valence electrons. The lowest BCUT2D eigenvalue weighted by molar-refractivity contribution is -0.167. The van der Waals surface area contributed by atoms with Gasteiger partial charge >= 0.3 is 17.9 Å². The van der Waals surface area contributed by atoms with Gasteiger partial charge in [-0.2, -0.15) is 0 Å². The molecule has 0 heterocycles. The van der Waals surface area contributed by atoms with Gasteiger partial charge in [-0.05, 0) is 64.2 Å². The van der Waals surface area contributed by atoms with Crippen molar-refractivity contribution in [3.05, 3.63) is 24.3 Å². The molecule has 0 saturated carbocycles. The summed E-state index contributed by atoms with van der Waals surface area (Å²) in [5.74, 6) is -0.876. The second-order valence-electron chi connectivity index (χ2n) is 17.8. The SMILES string of the molecule is CCC/C=C\CCCCCCCC(=O)OC(COC(=O)CCCCCCCCCCC)COC(=O)CCCCCCCCCCCCC/C=C\CCCCCCCCCC. The number of hydrogen-bond donors (Lipinski definition) is 0. The van der Waals surface area contributed by atoms with Crippen LogP contribution in [-0.4, -0.2) is 37.2 Å². The summed E-state index contributed by atoms with van der Waals surface area (Å²) >= 11 is 0. The van der Waals surface area contributed by atoms with Crippen LogP contribution in [0.3, 0.4) is 0 Å². The van der Waals surface area contributed by atoms with Crippen molar-refractivity contribution >= 4 is 17.9 Å². The van der Waals surface area contributed by atoms with Gasteiger partial charge in [-0.1, -0.05) is 225 Å². The van der Waals surface area contributed by atoms with Crippen molar-refractivity contribution in [1.29, 1.82) is 0 Å². The van der Waals surface area contributed by atoms with Crippen molar-refractivity contribution in [1.82, 2.24) is 0 Å². The van der Waals surface area contributed by atoms with Gasteiger partial charge in [-0.25, -0.2) is 0 Å². The van der Waals surface area contributed by atoms with Crippen molar-refractivity contribution in [3.63, 3.8) is 0 Å². The lowest BCUT2D eigenvalue weighted by Crippen LogP contribution is -2.30. The summed E-state index contributed by atoms with van der Waals surface area (Å²) in [6.07, 6.45) is 56.1. The van der Waals surface area contributed by atoms with Crippen LogP contribution >= 0.6 is 0 Å². The van der Waals surface area contributed by atoms with Gasteiger partial charge in [0, 0.05) is 19.3 Å². The van der Waals surface area contributed by atoms with E-state index in [1.54, 1.807) is 0 Å². The topological polar surface area (TPSA) is 78.9 Å². The van der Waals surface area contributed by atoms with E-state index in [4.69, 9.17) is 14.2 Å². The van der Waals surface area contributed by atoms with Crippen LogP contribution in [0, 0.1) is 0 Å². The molecule has 60 heavy (non-hydrogen) atoms. The molecule has 6 nitrogen and oxygen atoms in total. The summed E-state index contributed by atoms with van der Waals surface area (Å²) in [6.45, 7) is 6.57. The monoisotopic (exact) mass is 845 g/mol. The van der Waals surface area contributed by atoms with E-state index in [9.17, 15) is 14.4 Å². The smallest absolute Gasteiger partial charge is 0.306 e. The van der Waals surface area contributed by atoms with E-state index in [1.807, 2.05) is 0 Å². The second kappa shape index (κ2) is 49.5. The highest BCUT2D eigenvalue weighted by Gasteiger charge is 2.19. The first-order valence-corrected chi connectivity index (χ1v) is 26.3. The van der Waals surface area contributed by atoms with E-state index in [1.165, 1.54) is 167 Å². The van der Waals surface area contributed by atoms with Gasteiger partial charge in [0.05, 0.1) is 0 Å². The van der Waals surface area contributed by atoms with Gasteiger partial charge in [0.15, 0.2) is 6.10 Å². The number of carbonyl (C=O) groups is 3. The fourth-order valence-electron chi connectivity index (χ4n) is 7.68. The van der Waals surface area contributed by atoms with Crippen molar-refractivity contribution in [2.24, 2.45) is 0 Å². The number of ether oxygens (including phenoxy) is 3. The maximum atomic E-state index is 12.7. The highest BCUT2D eigenvalue weighted by Crippen LogP contribution is 2.16. The van der Waals surface area contributed by atoms with E-state index < -0.39 is 6.10 Å². The molecular formula is C54H100O6. The fourth-order valence-corrected chi connectivity index (χ4v) is 7.68. The third-order valence-electron chi connectivity index (χ3n) is 11.7. The largest absolute Gasteiger partial charge is 0.462 e. The molecule has 0 aliphatic heterocycles. The number of esters is 3. The van der Waals surface area contributed by atoms with E-state index in [0.29, 0.717) is 19.3 Å². The number of allylic oxidation sites excluding steroid dienone is 4. The summed E-state index contributed by atoms with van der Waals surface area (Å²) in [6, 6.07) is 0. The highest BCUT2D eigenvalue weighted by molar-refractivity contribution is 5.71. The van der Waals surface area contributed by atoms with Crippen LogP contribution in [0.15, 0.2) is 24.3 Å². The average molecular weight is 845 g/mol. The van der Waals surface area contributed by atoms with Gasteiger partial charge in [0.2, 0.25) is 0 Å². The fraction of sp³-hybridized carbons (Fsp3) is 0.870. The zero-order valence-electron chi connectivity index (χ0n) is 40.2. The molecule has 0 bridgehead atoms. The van der Waals surface area contributed by atoms with E-state index >= 15 is 0 Å². The van der Waals surface area contributed by atoms with Crippen molar-refractivity contribution < 1.29 is 28.6 Å². The molecule has 0 amide bonds. The molecule has 6 heteroatoms. The molecule has 0 fully saturated rings. The first kappa shape index (κ1) is 57.9. The van der Waals surface area contributed by atoms with Crippen molar-refractivity contribution in [3.8, 4) is 0 Å². The predicted molar refractivity (Wildman–Crippen MR) is 256 cm³/mol. The number of carbonyl (C=O) groups excluding carboxylic acids is 3. The standard InChI is InChI=1S/C54H100O6/c1-4-7-10-13-16-19-21-22-23-24-25-26-27-28-29-30-31-32-33-36-38-41-44-47-53(56)59-50-51(49-58-52(55)46-43-40-37-34-18-15-12-9-6-3)60-54(57)48-45-42-39-35-20-17-14-11-8-5-2/h11,14,24-25,51H,4-10,12-13,15-23,26-50H2,1-3H3/b14-11-,25-24-. The molecular weight excluding hydrogens is 745 g/mol. The third kappa shape index (κ3) is 46.9. The third-order valence-corrected chi connectivity index (χ3v) is 11.7. The van der Waals surface area contributed by atoms with Crippen LogP contribution in [0.5, 0.6) is 0 Å². The molecule has 0 radical (unpaired) electrons. The molecule has 0 N–H and O–H groups in total. The van der Waals surface area contributed by atoms with Gasteiger partial charge in [-0.15, -0.1) is 0 Å². The highest BCUT2D eigenvalue weighted by atomic mass is 16.6.